The number of hydrogen-bond acceptors (Lipinski definition) is 0. The fourth-order valence-electron chi connectivity index (χ4n) is 2.85. The van der Waals surface area contributed by atoms with Gasteiger partial charge in [-0.05, 0) is 32.4 Å². The normalized spacial score (nSPS) is 17.9. The van der Waals surface area contributed by atoms with E-state index in [1.807, 2.05) is 0 Å². The Morgan fingerprint density at radius 2 is 0.771 bits per heavy atom. The number of nitrogens with zero attached hydrogens (tertiary/aromatic N) is 1. The molecule has 0 fully saturated rings. The van der Waals surface area contributed by atoms with Crippen molar-refractivity contribution in [2.45, 2.75) is 74.9 Å². The Balaban J connectivity index is 7.23. The van der Waals surface area contributed by atoms with Crippen LogP contribution < -0.4 is 0 Å². The summed E-state index contributed by atoms with van der Waals surface area (Å²) in [6.45, 7) is 1.38. The van der Waals surface area contributed by atoms with Gasteiger partial charge < -0.3 is 0 Å². The molecule has 0 rings (SSSR count). The fourth-order valence-corrected chi connectivity index (χ4v) is 2.85. The number of allylic oxidation sites excluding steroid dienone is 2. The topological polar surface area (TPSA) is 0 Å². The van der Waals surface area contributed by atoms with Gasteiger partial charge in [0.1, 0.15) is 12.4 Å². The summed E-state index contributed by atoms with van der Waals surface area (Å²) in [5.74, 6) is -50.0. The molecule has 0 saturated carbocycles. The molecular weight excluding hydrogens is 541 g/mol. The summed E-state index contributed by atoms with van der Waals surface area (Å²) in [5, 5.41) is 0. The summed E-state index contributed by atoms with van der Waals surface area (Å²) in [4.78, 5) is 0. The lowest BCUT2D eigenvalue weighted by Crippen LogP contribution is -2.77. The minimum atomic E-state index is -8.64. The van der Waals surface area contributed by atoms with E-state index in [-0.39, 0.29) is 12.4 Å². The van der Waals surface area contributed by atoms with E-state index in [0.717, 1.165) is 20.8 Å². The van der Waals surface area contributed by atoms with Crippen molar-refractivity contribution in [3.05, 3.63) is 24.6 Å². The molecule has 0 aromatic heterocycles. The largest absolute Gasteiger partial charge is 0.470 e. The standard InChI is InChI=1S/C17H17F17N/c1-4-7-35(8-5-2,9-6-3)17(33,34)15(28,29)13(24,25)11(20,21)10(18,19)12(22,23)14(26,27)16(30,31)32/h4-5,7-8H,6,9H2,1-3H3/q+1. The number of rotatable bonds is 11. The highest BCUT2D eigenvalue weighted by molar-refractivity contribution is 5.14. The van der Waals surface area contributed by atoms with Gasteiger partial charge in [0.05, 0.1) is 6.54 Å². The lowest BCUT2D eigenvalue weighted by molar-refractivity contribution is -0.940. The number of alkyl halides is 17. The zero-order chi connectivity index (χ0) is 28.7. The molecule has 0 saturated heterocycles. The van der Waals surface area contributed by atoms with Crippen LogP contribution in [0, 0.1) is 0 Å². The smallest absolute Gasteiger partial charge is 0.206 e. The highest BCUT2D eigenvalue weighted by Crippen LogP contribution is 2.64. The average Bonchev–Trinajstić information content (AvgIpc) is 2.66. The predicted molar refractivity (Wildman–Crippen MR) is 85.7 cm³/mol. The molecule has 0 amide bonds. The SMILES string of the molecule is CC=C[N+](C=CC)(CCC)C(F)(F)C(F)(F)C(F)(F)C(F)(F)C(F)(F)C(F)(F)C(F)(F)C(F)(F)F. The molecule has 0 aliphatic rings. The van der Waals surface area contributed by atoms with Crippen LogP contribution in [0.5, 0.6) is 0 Å². The van der Waals surface area contributed by atoms with Gasteiger partial charge in [0, 0.05) is 0 Å². The van der Waals surface area contributed by atoms with E-state index in [0.29, 0.717) is 12.2 Å². The zero-order valence-electron chi connectivity index (χ0n) is 17.6. The van der Waals surface area contributed by atoms with E-state index < -0.39 is 65.2 Å². The zero-order valence-corrected chi connectivity index (χ0v) is 17.6. The maximum atomic E-state index is 14.8. The molecule has 0 atom stereocenters. The molecule has 35 heavy (non-hydrogen) atoms. The van der Waals surface area contributed by atoms with E-state index in [1.165, 1.54) is 0 Å². The van der Waals surface area contributed by atoms with Gasteiger partial charge in [-0.15, -0.1) is 8.78 Å². The fraction of sp³-hybridized carbons (Fsp3) is 0.765. The quantitative estimate of drug-likeness (QED) is 0.136. The maximum absolute atomic E-state index is 14.8. The van der Waals surface area contributed by atoms with Crippen LogP contribution in [-0.4, -0.2) is 58.8 Å². The molecule has 0 aromatic carbocycles. The predicted octanol–water partition coefficient (Wildman–Crippen LogP) is 8.25. The Labute approximate surface area is 186 Å². The van der Waals surface area contributed by atoms with Crippen LogP contribution in [0.3, 0.4) is 0 Å². The lowest BCUT2D eigenvalue weighted by atomic mass is 9.89. The third-order valence-electron chi connectivity index (χ3n) is 4.65. The number of quaternary nitrogens is 1. The van der Waals surface area contributed by atoms with Crippen molar-refractivity contribution < 1.29 is 79.1 Å². The minimum absolute atomic E-state index is 0.0240. The van der Waals surface area contributed by atoms with Gasteiger partial charge in [0.2, 0.25) is 0 Å². The lowest BCUT2D eigenvalue weighted by Gasteiger charge is -2.46. The van der Waals surface area contributed by atoms with Gasteiger partial charge in [0.15, 0.2) is 0 Å². The molecular formula is C17H17F17N+. The first kappa shape index (κ1) is 33.2. The molecule has 0 aliphatic carbocycles. The van der Waals surface area contributed by atoms with Crippen LogP contribution in [0.4, 0.5) is 74.6 Å². The highest BCUT2D eigenvalue weighted by Gasteiger charge is 2.97. The van der Waals surface area contributed by atoms with Crippen molar-refractivity contribution in [3.8, 4) is 0 Å². The Hall–Kier alpha value is -1.75. The number of hydrogen-bond donors (Lipinski definition) is 0. The van der Waals surface area contributed by atoms with E-state index in [4.69, 9.17) is 0 Å². The Morgan fingerprint density at radius 1 is 0.486 bits per heavy atom. The first-order valence-electron chi connectivity index (χ1n) is 9.05. The Morgan fingerprint density at radius 3 is 1.03 bits per heavy atom. The van der Waals surface area contributed by atoms with Crippen molar-refractivity contribution in [1.29, 1.82) is 0 Å². The second-order valence-electron chi connectivity index (χ2n) is 7.10. The second kappa shape index (κ2) is 9.28. The molecule has 0 aliphatic heterocycles. The molecule has 0 radical (unpaired) electrons. The molecule has 0 N–H and O–H groups in total. The molecule has 208 valence electrons. The van der Waals surface area contributed by atoms with Crippen LogP contribution in [0.15, 0.2) is 24.6 Å². The molecule has 0 heterocycles. The van der Waals surface area contributed by atoms with Crippen LogP contribution in [0.2, 0.25) is 0 Å². The third kappa shape index (κ3) is 4.36. The van der Waals surface area contributed by atoms with Gasteiger partial charge in [-0.25, -0.2) is 4.48 Å². The van der Waals surface area contributed by atoms with E-state index in [1.54, 1.807) is 0 Å². The average molecular weight is 558 g/mol. The maximum Gasteiger partial charge on any atom is 0.470 e. The van der Waals surface area contributed by atoms with Gasteiger partial charge in [-0.2, -0.15) is 65.9 Å². The molecule has 0 bridgehead atoms. The van der Waals surface area contributed by atoms with Crippen molar-refractivity contribution in [1.82, 2.24) is 0 Å². The summed E-state index contributed by atoms with van der Waals surface area (Å²) >= 11 is 0. The summed E-state index contributed by atoms with van der Waals surface area (Å²) in [6.07, 6.45) is -7.28. The molecule has 1 nitrogen and oxygen atoms in total. The molecule has 0 aromatic rings. The van der Waals surface area contributed by atoms with Gasteiger partial charge in [0.25, 0.3) is 0 Å². The number of halogens is 17. The monoisotopic (exact) mass is 558 g/mol. The molecule has 18 heteroatoms. The third-order valence-corrected chi connectivity index (χ3v) is 4.65. The van der Waals surface area contributed by atoms with Crippen LogP contribution in [0.25, 0.3) is 0 Å². The van der Waals surface area contributed by atoms with Crippen molar-refractivity contribution in [3.63, 3.8) is 0 Å². The summed E-state index contributed by atoms with van der Waals surface area (Å²) < 4.78 is 227. The van der Waals surface area contributed by atoms with Crippen molar-refractivity contribution in [2.24, 2.45) is 0 Å². The first-order valence-corrected chi connectivity index (χ1v) is 9.05. The van der Waals surface area contributed by atoms with E-state index in [2.05, 4.69) is 0 Å². The Kier molecular flexibility index (Phi) is 8.82. The highest BCUT2D eigenvalue weighted by atomic mass is 19.4. The molecule has 0 spiro atoms. The van der Waals surface area contributed by atoms with Crippen LogP contribution in [0.1, 0.15) is 27.2 Å². The van der Waals surface area contributed by atoms with E-state index >= 15 is 0 Å². The minimum Gasteiger partial charge on any atom is -0.206 e. The summed E-state index contributed by atoms with van der Waals surface area (Å²) in [6, 6.07) is -6.58. The van der Waals surface area contributed by atoms with Crippen LogP contribution in [-0.2, 0) is 0 Å². The van der Waals surface area contributed by atoms with Gasteiger partial charge in [-0.1, -0.05) is 6.92 Å². The molecule has 0 unspecified atom stereocenters. The van der Waals surface area contributed by atoms with Crippen LogP contribution >= 0.6 is 0 Å². The van der Waals surface area contributed by atoms with Crippen molar-refractivity contribution in [2.75, 3.05) is 6.54 Å². The van der Waals surface area contributed by atoms with Crippen molar-refractivity contribution >= 4 is 0 Å². The van der Waals surface area contributed by atoms with E-state index in [9.17, 15) is 74.6 Å². The first-order chi connectivity index (χ1) is 15.2. The Bertz CT molecular complexity index is 779. The second-order valence-corrected chi connectivity index (χ2v) is 7.10. The van der Waals surface area contributed by atoms with Gasteiger partial charge in [-0.3, -0.25) is 0 Å². The van der Waals surface area contributed by atoms with Gasteiger partial charge >= 0.3 is 47.8 Å². The summed E-state index contributed by atoms with van der Waals surface area (Å²) in [5.41, 5.74) is 0. The summed E-state index contributed by atoms with van der Waals surface area (Å²) in [7, 11) is 0.